The summed E-state index contributed by atoms with van der Waals surface area (Å²) >= 11 is 0. The predicted molar refractivity (Wildman–Crippen MR) is 120 cm³/mol. The fourth-order valence-corrected chi connectivity index (χ4v) is 3.62. The van der Waals surface area contributed by atoms with Crippen LogP contribution in [0.4, 0.5) is 0 Å². The van der Waals surface area contributed by atoms with E-state index in [4.69, 9.17) is 4.74 Å². The number of halogens is 1. The Labute approximate surface area is 180 Å². The molecule has 0 spiro atoms. The maximum absolute atomic E-state index is 12.1. The molecule has 1 aromatic rings. The lowest BCUT2D eigenvalue weighted by Crippen LogP contribution is -2.42. The number of nitrogens with one attached hydrogen (secondary N) is 2. The molecule has 0 bridgehead atoms. The van der Waals surface area contributed by atoms with Crippen LogP contribution in [0.3, 0.4) is 0 Å². The summed E-state index contributed by atoms with van der Waals surface area (Å²) < 4.78 is 32.5. The molecular formula is C18H31IN4O3S. The van der Waals surface area contributed by atoms with Gasteiger partial charge in [-0.1, -0.05) is 30.3 Å². The molecule has 1 aliphatic rings. The molecular weight excluding hydrogens is 479 g/mol. The molecule has 1 unspecified atom stereocenters. The number of guanidine groups is 1. The van der Waals surface area contributed by atoms with Crippen molar-refractivity contribution in [2.75, 3.05) is 39.5 Å². The molecule has 1 fully saturated rings. The molecule has 1 saturated heterocycles. The van der Waals surface area contributed by atoms with E-state index in [0.29, 0.717) is 25.6 Å². The zero-order valence-electron chi connectivity index (χ0n) is 16.1. The number of sulfonamides is 1. The topological polar surface area (TPSA) is 83.0 Å². The van der Waals surface area contributed by atoms with Crippen LogP contribution in [0.1, 0.15) is 24.8 Å². The monoisotopic (exact) mass is 510 g/mol. The van der Waals surface area contributed by atoms with Crippen molar-refractivity contribution in [1.29, 1.82) is 0 Å². The zero-order chi connectivity index (χ0) is 18.8. The van der Waals surface area contributed by atoms with E-state index in [-0.39, 0.29) is 35.8 Å². The Morgan fingerprint density at radius 1 is 1.26 bits per heavy atom. The maximum atomic E-state index is 12.1. The molecule has 1 atom stereocenters. The minimum Gasteiger partial charge on any atom is -0.377 e. The number of hydrogen-bond donors (Lipinski definition) is 2. The zero-order valence-corrected chi connectivity index (χ0v) is 19.2. The summed E-state index contributed by atoms with van der Waals surface area (Å²) in [6.45, 7) is 1.92. The van der Waals surface area contributed by atoms with Crippen molar-refractivity contribution < 1.29 is 13.2 Å². The van der Waals surface area contributed by atoms with Crippen LogP contribution in [0.25, 0.3) is 0 Å². The number of hydrogen-bond acceptors (Lipinski definition) is 4. The van der Waals surface area contributed by atoms with Gasteiger partial charge >= 0.3 is 0 Å². The smallest absolute Gasteiger partial charge is 0.213 e. The summed E-state index contributed by atoms with van der Waals surface area (Å²) in [5, 5.41) is 3.11. The average Bonchev–Trinajstić information content (AvgIpc) is 2.64. The Morgan fingerprint density at radius 2 is 2.00 bits per heavy atom. The molecule has 9 heteroatoms. The molecule has 2 N–H and O–H groups in total. The summed E-state index contributed by atoms with van der Waals surface area (Å²) in [7, 11) is 0.422. The average molecular weight is 510 g/mol. The van der Waals surface area contributed by atoms with Gasteiger partial charge < -0.3 is 15.0 Å². The van der Waals surface area contributed by atoms with Crippen LogP contribution >= 0.6 is 24.0 Å². The normalized spacial score (nSPS) is 17.9. The van der Waals surface area contributed by atoms with E-state index >= 15 is 0 Å². The first-order valence-corrected chi connectivity index (χ1v) is 10.7. The van der Waals surface area contributed by atoms with Crippen LogP contribution in [-0.2, 0) is 21.3 Å². The molecule has 0 saturated carbocycles. The van der Waals surface area contributed by atoms with Crippen molar-refractivity contribution >= 4 is 40.0 Å². The Bertz CT molecular complexity index is 662. The lowest BCUT2D eigenvalue weighted by Gasteiger charge is -2.23. The van der Waals surface area contributed by atoms with Crippen molar-refractivity contribution in [2.45, 2.75) is 31.9 Å². The fraction of sp³-hybridized carbons (Fsp3) is 0.611. The lowest BCUT2D eigenvalue weighted by atomic mass is 10.1. The van der Waals surface area contributed by atoms with Gasteiger partial charge in [0.2, 0.25) is 10.0 Å². The van der Waals surface area contributed by atoms with E-state index in [9.17, 15) is 8.42 Å². The Kier molecular flexibility index (Phi) is 11.2. The van der Waals surface area contributed by atoms with Gasteiger partial charge in [-0.15, -0.1) is 24.0 Å². The Balaban J connectivity index is 0.00000364. The highest BCUT2D eigenvalue weighted by molar-refractivity contribution is 14.0. The minimum absolute atomic E-state index is 0. The van der Waals surface area contributed by atoms with Gasteiger partial charge in [-0.2, -0.15) is 0 Å². The van der Waals surface area contributed by atoms with Crippen LogP contribution in [0.2, 0.25) is 0 Å². The van der Waals surface area contributed by atoms with Gasteiger partial charge in [0.25, 0.3) is 0 Å². The van der Waals surface area contributed by atoms with E-state index in [2.05, 4.69) is 15.0 Å². The molecule has 1 heterocycles. The van der Waals surface area contributed by atoms with Crippen LogP contribution < -0.4 is 10.0 Å². The van der Waals surface area contributed by atoms with Gasteiger partial charge in [0, 0.05) is 33.8 Å². The largest absolute Gasteiger partial charge is 0.377 e. The van der Waals surface area contributed by atoms with Crippen molar-refractivity contribution in [3.8, 4) is 0 Å². The number of nitrogens with zero attached hydrogens (tertiary/aromatic N) is 2. The highest BCUT2D eigenvalue weighted by Gasteiger charge is 2.17. The van der Waals surface area contributed by atoms with Crippen LogP contribution in [0.5, 0.6) is 0 Å². The van der Waals surface area contributed by atoms with Gasteiger partial charge in [-0.25, -0.2) is 18.1 Å². The summed E-state index contributed by atoms with van der Waals surface area (Å²) in [5.41, 5.74) is 1.11. The standard InChI is InChI=1S/C18H30N4O3S.HI/c1-22(2)18(20-14-16-8-4-3-5-9-16)19-11-13-26(23,24)21-15-17-10-6-7-12-25-17;/h3-5,8-9,17,21H,6-7,10-15H2,1-2H3,(H,19,20);1H. The highest BCUT2D eigenvalue weighted by Crippen LogP contribution is 2.11. The molecule has 1 aromatic carbocycles. The van der Waals surface area contributed by atoms with Gasteiger partial charge in [0.15, 0.2) is 5.96 Å². The van der Waals surface area contributed by atoms with E-state index in [1.807, 2.05) is 49.3 Å². The fourth-order valence-electron chi connectivity index (χ4n) is 2.66. The first-order valence-electron chi connectivity index (χ1n) is 9.05. The summed E-state index contributed by atoms with van der Waals surface area (Å²) in [6.07, 6.45) is 3.06. The molecule has 1 aliphatic heterocycles. The van der Waals surface area contributed by atoms with Crippen LogP contribution in [0.15, 0.2) is 35.3 Å². The second-order valence-corrected chi connectivity index (χ2v) is 8.53. The first kappa shape index (κ1) is 24.1. The Hall–Kier alpha value is -0.910. The second-order valence-electron chi connectivity index (χ2n) is 6.60. The minimum atomic E-state index is -3.34. The van der Waals surface area contributed by atoms with E-state index in [1.54, 1.807) is 0 Å². The van der Waals surface area contributed by atoms with Crippen LogP contribution in [0, 0.1) is 0 Å². The SMILES string of the molecule is CN(C)C(=NCc1ccccc1)NCCS(=O)(=O)NCC1CCCCO1.I. The van der Waals surface area contributed by atoms with Gasteiger partial charge in [0.05, 0.1) is 18.4 Å². The molecule has 0 amide bonds. The number of benzene rings is 1. The summed E-state index contributed by atoms with van der Waals surface area (Å²) in [6, 6.07) is 9.94. The van der Waals surface area contributed by atoms with Crippen molar-refractivity contribution in [1.82, 2.24) is 14.9 Å². The molecule has 0 aromatic heterocycles. The third kappa shape index (κ3) is 9.72. The summed E-state index contributed by atoms with van der Waals surface area (Å²) in [5.74, 6) is 0.664. The summed E-state index contributed by atoms with van der Waals surface area (Å²) in [4.78, 5) is 6.37. The second kappa shape index (κ2) is 12.5. The van der Waals surface area contributed by atoms with Crippen LogP contribution in [-0.4, -0.2) is 64.9 Å². The molecule has 27 heavy (non-hydrogen) atoms. The third-order valence-corrected chi connectivity index (χ3v) is 5.48. The molecule has 2 rings (SSSR count). The van der Waals surface area contributed by atoms with E-state index < -0.39 is 10.0 Å². The van der Waals surface area contributed by atoms with E-state index in [1.165, 1.54) is 0 Å². The molecule has 0 aliphatic carbocycles. The number of aliphatic imine (C=N–C) groups is 1. The van der Waals surface area contributed by atoms with Crippen molar-refractivity contribution in [2.24, 2.45) is 4.99 Å². The van der Waals surface area contributed by atoms with Crippen molar-refractivity contribution in [3.05, 3.63) is 35.9 Å². The quantitative estimate of drug-likeness (QED) is 0.317. The van der Waals surface area contributed by atoms with Gasteiger partial charge in [0.1, 0.15) is 0 Å². The molecule has 7 nitrogen and oxygen atoms in total. The molecule has 154 valence electrons. The lowest BCUT2D eigenvalue weighted by molar-refractivity contribution is 0.0200. The van der Waals surface area contributed by atoms with E-state index in [0.717, 1.165) is 31.4 Å². The van der Waals surface area contributed by atoms with Crippen molar-refractivity contribution in [3.63, 3.8) is 0 Å². The number of ether oxygens (including phenoxy) is 1. The third-order valence-electron chi connectivity index (χ3n) is 4.14. The predicted octanol–water partition coefficient (Wildman–Crippen LogP) is 1.80. The van der Waals surface area contributed by atoms with Gasteiger partial charge in [-0.05, 0) is 24.8 Å². The highest BCUT2D eigenvalue weighted by atomic mass is 127. The first-order chi connectivity index (χ1) is 12.5. The van der Waals surface area contributed by atoms with Gasteiger partial charge in [-0.3, -0.25) is 0 Å². The maximum Gasteiger partial charge on any atom is 0.213 e. The number of rotatable bonds is 8. The molecule has 0 radical (unpaired) electrons. The Morgan fingerprint density at radius 3 is 2.63 bits per heavy atom.